The Morgan fingerprint density at radius 1 is 0.939 bits per heavy atom. The number of halogens is 1. The molecule has 0 aliphatic carbocycles. The van der Waals surface area contributed by atoms with Gasteiger partial charge in [-0.15, -0.1) is 0 Å². The molecule has 2 rings (SSSR count). The highest BCUT2D eigenvalue weighted by atomic mass is 79.9. The van der Waals surface area contributed by atoms with Gasteiger partial charge in [-0.25, -0.2) is 8.42 Å². The Bertz CT molecular complexity index is 988. The Kier molecular flexibility index (Phi) is 11.4. The normalized spacial score (nSPS) is 11.5. The zero-order chi connectivity index (χ0) is 24.3. The van der Waals surface area contributed by atoms with E-state index < -0.39 is 10.0 Å². The summed E-state index contributed by atoms with van der Waals surface area (Å²) >= 11 is 3.48. The average Bonchev–Trinajstić information content (AvgIpc) is 2.80. The highest BCUT2D eigenvalue weighted by Gasteiger charge is 2.23. The monoisotopic (exact) mass is 538 g/mol. The number of hydrogen-bond donors (Lipinski definition) is 1. The summed E-state index contributed by atoms with van der Waals surface area (Å²) in [5.41, 5.74) is 1.01. The Balaban J connectivity index is 2.02. The van der Waals surface area contributed by atoms with Crippen LogP contribution >= 0.6 is 15.9 Å². The minimum absolute atomic E-state index is 0.227. The molecule has 0 saturated heterocycles. The number of anilines is 1. The summed E-state index contributed by atoms with van der Waals surface area (Å²) in [5, 5.41) is 2.82. The van der Waals surface area contributed by atoms with Crippen molar-refractivity contribution in [1.82, 2.24) is 4.31 Å². The minimum Gasteiger partial charge on any atom is -0.492 e. The van der Waals surface area contributed by atoms with Crippen LogP contribution < -0.4 is 10.1 Å². The fourth-order valence-corrected chi connectivity index (χ4v) is 5.50. The second kappa shape index (κ2) is 13.7. The zero-order valence-electron chi connectivity index (χ0n) is 19.8. The van der Waals surface area contributed by atoms with Crippen LogP contribution in [0.1, 0.15) is 69.7 Å². The summed E-state index contributed by atoms with van der Waals surface area (Å²) in [4.78, 5) is 12.9. The first kappa shape index (κ1) is 27.3. The molecule has 1 N–H and O–H groups in total. The Morgan fingerprint density at radius 2 is 1.61 bits per heavy atom. The summed E-state index contributed by atoms with van der Waals surface area (Å²) in [6.45, 7) is 7.71. The molecule has 1 amide bonds. The lowest BCUT2D eigenvalue weighted by Crippen LogP contribution is -2.32. The molecule has 0 fully saturated rings. The predicted molar refractivity (Wildman–Crippen MR) is 138 cm³/mol. The fourth-order valence-electron chi connectivity index (χ4n) is 3.38. The van der Waals surface area contributed by atoms with Gasteiger partial charge in [-0.3, -0.25) is 4.79 Å². The molecule has 2 aromatic rings. The lowest BCUT2D eigenvalue weighted by Gasteiger charge is -2.21. The molecule has 2 aromatic carbocycles. The molecule has 0 radical (unpaired) electrons. The van der Waals surface area contributed by atoms with E-state index in [2.05, 4.69) is 28.2 Å². The summed E-state index contributed by atoms with van der Waals surface area (Å²) in [5.74, 6) is 0.431. The van der Waals surface area contributed by atoms with Gasteiger partial charge in [-0.05, 0) is 77.7 Å². The van der Waals surface area contributed by atoms with Gasteiger partial charge in [0.05, 0.1) is 16.0 Å². The van der Waals surface area contributed by atoms with Crippen LogP contribution in [0.5, 0.6) is 5.75 Å². The third kappa shape index (κ3) is 8.12. The maximum Gasteiger partial charge on any atom is 0.255 e. The maximum atomic E-state index is 12.9. The van der Waals surface area contributed by atoms with Gasteiger partial charge in [0.2, 0.25) is 10.0 Å². The molecular formula is C25H35BrN2O4S. The first-order valence-electron chi connectivity index (χ1n) is 11.7. The third-order valence-corrected chi connectivity index (χ3v) is 7.68. The highest BCUT2D eigenvalue weighted by Crippen LogP contribution is 2.27. The van der Waals surface area contributed by atoms with E-state index in [1.807, 2.05) is 13.8 Å². The summed E-state index contributed by atoms with van der Waals surface area (Å²) in [7, 11) is -3.55. The van der Waals surface area contributed by atoms with E-state index >= 15 is 0 Å². The number of amides is 1. The van der Waals surface area contributed by atoms with E-state index in [-0.39, 0.29) is 10.8 Å². The lowest BCUT2D eigenvalue weighted by molar-refractivity contribution is 0.102. The second-order valence-electron chi connectivity index (χ2n) is 7.94. The van der Waals surface area contributed by atoms with E-state index in [1.165, 1.54) is 29.3 Å². The van der Waals surface area contributed by atoms with Crippen LogP contribution in [0.3, 0.4) is 0 Å². The van der Waals surface area contributed by atoms with Crippen molar-refractivity contribution in [2.45, 2.75) is 64.2 Å². The number of benzene rings is 2. The van der Waals surface area contributed by atoms with Gasteiger partial charge in [0, 0.05) is 24.3 Å². The molecule has 182 valence electrons. The van der Waals surface area contributed by atoms with Crippen LogP contribution in [-0.4, -0.2) is 38.3 Å². The standard InChI is InChI=1S/C25H35BrN2O4S/c1-4-7-8-9-18-32-24-15-10-20(19-23(24)26)25(29)27-21-11-13-22(14-12-21)33(30,31)28(16-5-2)17-6-3/h10-15,19H,4-9,16-18H2,1-3H3,(H,27,29). The van der Waals surface area contributed by atoms with E-state index in [4.69, 9.17) is 4.74 Å². The van der Waals surface area contributed by atoms with Crippen LogP contribution in [-0.2, 0) is 10.0 Å². The van der Waals surface area contributed by atoms with Crippen molar-refractivity contribution in [3.63, 3.8) is 0 Å². The average molecular weight is 540 g/mol. The first-order chi connectivity index (χ1) is 15.8. The molecule has 0 aliphatic heterocycles. The van der Waals surface area contributed by atoms with E-state index in [9.17, 15) is 13.2 Å². The summed E-state index contributed by atoms with van der Waals surface area (Å²) in [6.07, 6.45) is 6.04. The maximum absolute atomic E-state index is 12.9. The van der Waals surface area contributed by atoms with Gasteiger partial charge in [0.25, 0.3) is 5.91 Å². The number of unbranched alkanes of at least 4 members (excludes halogenated alkanes) is 3. The van der Waals surface area contributed by atoms with Gasteiger partial charge in [0.15, 0.2) is 0 Å². The molecule has 0 saturated carbocycles. The third-order valence-electron chi connectivity index (χ3n) is 5.15. The topological polar surface area (TPSA) is 75.7 Å². The Morgan fingerprint density at radius 3 is 2.18 bits per heavy atom. The SMILES string of the molecule is CCCCCCOc1ccc(C(=O)Nc2ccc(S(=O)(=O)N(CCC)CCC)cc2)cc1Br. The first-order valence-corrected chi connectivity index (χ1v) is 13.9. The summed E-state index contributed by atoms with van der Waals surface area (Å²) < 4.78 is 33.8. The largest absolute Gasteiger partial charge is 0.492 e. The second-order valence-corrected chi connectivity index (χ2v) is 10.7. The van der Waals surface area contributed by atoms with Crippen molar-refractivity contribution in [2.24, 2.45) is 0 Å². The summed E-state index contributed by atoms with van der Waals surface area (Å²) in [6, 6.07) is 11.5. The van der Waals surface area contributed by atoms with Crippen LogP contribution in [0.15, 0.2) is 51.8 Å². The van der Waals surface area contributed by atoms with Crippen LogP contribution in [0.25, 0.3) is 0 Å². The molecule has 0 aromatic heterocycles. The molecular weight excluding hydrogens is 504 g/mol. The van der Waals surface area contributed by atoms with Gasteiger partial charge in [-0.2, -0.15) is 4.31 Å². The highest BCUT2D eigenvalue weighted by molar-refractivity contribution is 9.10. The smallest absolute Gasteiger partial charge is 0.255 e. The van der Waals surface area contributed by atoms with Crippen molar-refractivity contribution in [3.8, 4) is 5.75 Å². The Hall–Kier alpha value is -1.90. The number of rotatable bonds is 14. The van der Waals surface area contributed by atoms with E-state index in [0.717, 1.165) is 30.2 Å². The molecule has 0 atom stereocenters. The zero-order valence-corrected chi connectivity index (χ0v) is 22.2. The van der Waals surface area contributed by atoms with Gasteiger partial charge >= 0.3 is 0 Å². The predicted octanol–water partition coefficient (Wildman–Crippen LogP) is 6.47. The molecule has 0 unspecified atom stereocenters. The van der Waals surface area contributed by atoms with Crippen molar-refractivity contribution < 1.29 is 17.9 Å². The molecule has 8 heteroatoms. The number of nitrogens with one attached hydrogen (secondary N) is 1. The molecule has 0 spiro atoms. The van der Waals surface area contributed by atoms with Crippen molar-refractivity contribution >= 4 is 37.5 Å². The fraction of sp³-hybridized carbons (Fsp3) is 0.480. The van der Waals surface area contributed by atoms with Gasteiger partial charge < -0.3 is 10.1 Å². The molecule has 0 aliphatic rings. The lowest BCUT2D eigenvalue weighted by atomic mass is 10.2. The van der Waals surface area contributed by atoms with Gasteiger partial charge in [-0.1, -0.05) is 40.0 Å². The van der Waals surface area contributed by atoms with Crippen molar-refractivity contribution in [1.29, 1.82) is 0 Å². The van der Waals surface area contributed by atoms with Crippen LogP contribution in [0.2, 0.25) is 0 Å². The number of carbonyl (C=O) groups is 1. The van der Waals surface area contributed by atoms with Gasteiger partial charge in [0.1, 0.15) is 5.75 Å². The molecule has 33 heavy (non-hydrogen) atoms. The van der Waals surface area contributed by atoms with E-state index in [0.29, 0.717) is 36.7 Å². The van der Waals surface area contributed by atoms with Crippen molar-refractivity contribution in [2.75, 3.05) is 25.0 Å². The van der Waals surface area contributed by atoms with E-state index in [1.54, 1.807) is 30.3 Å². The number of carbonyl (C=O) groups excluding carboxylic acids is 1. The molecule has 0 bridgehead atoms. The quantitative estimate of drug-likeness (QED) is 0.279. The molecule has 0 heterocycles. The van der Waals surface area contributed by atoms with Crippen LogP contribution in [0.4, 0.5) is 5.69 Å². The minimum atomic E-state index is -3.55. The van der Waals surface area contributed by atoms with Crippen LogP contribution in [0, 0.1) is 0 Å². The number of sulfonamides is 1. The Labute approximate surface area is 206 Å². The number of ether oxygens (including phenoxy) is 1. The molecule has 6 nitrogen and oxygen atoms in total. The number of nitrogens with zero attached hydrogens (tertiary/aromatic N) is 1. The van der Waals surface area contributed by atoms with Crippen molar-refractivity contribution in [3.05, 3.63) is 52.5 Å². The number of hydrogen-bond acceptors (Lipinski definition) is 4.